The van der Waals surface area contributed by atoms with Gasteiger partial charge in [-0.05, 0) is 17.7 Å². The van der Waals surface area contributed by atoms with E-state index < -0.39 is 11.7 Å². The lowest BCUT2D eigenvalue weighted by molar-refractivity contribution is -0.137. The Morgan fingerprint density at radius 3 is 2.15 bits per heavy atom. The van der Waals surface area contributed by atoms with E-state index in [1.165, 1.54) is 12.1 Å². The molecule has 0 saturated heterocycles. The van der Waals surface area contributed by atoms with Crippen LogP contribution in [0.2, 0.25) is 0 Å². The van der Waals surface area contributed by atoms with E-state index in [1.807, 2.05) is 30.3 Å². The highest BCUT2D eigenvalue weighted by atomic mass is 19.4. The molecule has 1 atom stereocenters. The fourth-order valence-corrected chi connectivity index (χ4v) is 2.01. The highest BCUT2D eigenvalue weighted by Crippen LogP contribution is 2.35. The van der Waals surface area contributed by atoms with Crippen molar-refractivity contribution in [2.45, 2.75) is 12.2 Å². The zero-order valence-corrected chi connectivity index (χ0v) is 10.7. The van der Waals surface area contributed by atoms with E-state index >= 15 is 0 Å². The van der Waals surface area contributed by atoms with Gasteiger partial charge in [0.05, 0.1) is 11.6 Å². The first-order valence-electron chi connectivity index (χ1n) is 6.20. The number of hydrogen-bond donors (Lipinski definition) is 2. The van der Waals surface area contributed by atoms with Gasteiger partial charge in [0, 0.05) is 12.2 Å². The molecule has 2 aromatic rings. The zero-order valence-electron chi connectivity index (χ0n) is 10.7. The molecule has 0 aliphatic heterocycles. The highest BCUT2D eigenvalue weighted by molar-refractivity contribution is 5.54. The van der Waals surface area contributed by atoms with Gasteiger partial charge in [-0.2, -0.15) is 13.2 Å². The zero-order chi connectivity index (χ0) is 14.6. The van der Waals surface area contributed by atoms with Crippen molar-refractivity contribution in [3.05, 3.63) is 65.7 Å². The molecule has 5 heteroatoms. The smallest absolute Gasteiger partial charge is 0.376 e. The van der Waals surface area contributed by atoms with Crippen LogP contribution in [0.5, 0.6) is 0 Å². The molecule has 0 saturated carbocycles. The molecule has 0 aromatic heterocycles. The Morgan fingerprint density at radius 1 is 0.950 bits per heavy atom. The molecule has 0 amide bonds. The Labute approximate surface area is 115 Å². The van der Waals surface area contributed by atoms with Crippen LogP contribution in [0.25, 0.3) is 0 Å². The predicted octanol–water partition coefficient (Wildman–Crippen LogP) is 3.82. The van der Waals surface area contributed by atoms with Crippen molar-refractivity contribution in [3.63, 3.8) is 0 Å². The first-order chi connectivity index (χ1) is 9.52. The van der Waals surface area contributed by atoms with Gasteiger partial charge in [-0.15, -0.1) is 0 Å². The third-order valence-corrected chi connectivity index (χ3v) is 3.00. The Morgan fingerprint density at radius 2 is 1.55 bits per heavy atom. The van der Waals surface area contributed by atoms with E-state index in [-0.39, 0.29) is 18.3 Å². The molecule has 0 heterocycles. The van der Waals surface area contributed by atoms with Crippen LogP contribution >= 0.6 is 0 Å². The molecule has 2 rings (SSSR count). The molecule has 2 nitrogen and oxygen atoms in total. The largest absolute Gasteiger partial charge is 0.418 e. The summed E-state index contributed by atoms with van der Waals surface area (Å²) in [7, 11) is 0. The fourth-order valence-electron chi connectivity index (χ4n) is 2.01. The molecule has 2 aromatic carbocycles. The van der Waals surface area contributed by atoms with Crippen LogP contribution in [0, 0.1) is 0 Å². The average Bonchev–Trinajstić information content (AvgIpc) is 2.45. The van der Waals surface area contributed by atoms with Gasteiger partial charge in [-0.1, -0.05) is 42.5 Å². The van der Waals surface area contributed by atoms with E-state index in [0.717, 1.165) is 11.6 Å². The monoisotopic (exact) mass is 280 g/mol. The summed E-state index contributed by atoms with van der Waals surface area (Å²) in [6, 6.07) is 14.2. The Bertz CT molecular complexity index is 553. The average molecular weight is 280 g/mol. The summed E-state index contributed by atoms with van der Waals surface area (Å²) in [5.74, 6) is 0. The Hall–Kier alpha value is -2.01. The third kappa shape index (κ3) is 3.30. The number of para-hydroxylation sites is 1. The lowest BCUT2D eigenvalue weighted by Crippen LogP contribution is -2.22. The van der Waals surface area contributed by atoms with Gasteiger partial charge in [0.25, 0.3) is 0 Å². The van der Waals surface area contributed by atoms with Gasteiger partial charge in [-0.25, -0.2) is 0 Å². The minimum Gasteiger partial charge on any atom is -0.376 e. The molecule has 0 spiro atoms. The normalized spacial score (nSPS) is 13.0. The van der Waals surface area contributed by atoms with Crippen molar-refractivity contribution in [1.82, 2.24) is 0 Å². The van der Waals surface area contributed by atoms with Crippen LogP contribution in [0.3, 0.4) is 0 Å². The van der Waals surface area contributed by atoms with E-state index in [4.69, 9.17) is 5.73 Å². The second-order valence-corrected chi connectivity index (χ2v) is 4.39. The van der Waals surface area contributed by atoms with Crippen LogP contribution in [-0.4, -0.2) is 6.54 Å². The fraction of sp³-hybridized carbons (Fsp3) is 0.200. The summed E-state index contributed by atoms with van der Waals surface area (Å²) in [6.45, 7) is 0.205. The Balaban J connectivity index is 2.29. The van der Waals surface area contributed by atoms with Crippen molar-refractivity contribution in [2.24, 2.45) is 5.73 Å². The maximum absolute atomic E-state index is 12.9. The van der Waals surface area contributed by atoms with Gasteiger partial charge in [0.15, 0.2) is 0 Å². The summed E-state index contributed by atoms with van der Waals surface area (Å²) in [4.78, 5) is 0. The first kappa shape index (κ1) is 14.4. The first-order valence-corrected chi connectivity index (χ1v) is 6.20. The molecular weight excluding hydrogens is 265 g/mol. The van der Waals surface area contributed by atoms with Gasteiger partial charge < -0.3 is 11.1 Å². The van der Waals surface area contributed by atoms with Gasteiger partial charge in [-0.3, -0.25) is 0 Å². The number of nitrogens with two attached hydrogens (primary N) is 1. The summed E-state index contributed by atoms with van der Waals surface area (Å²) in [5, 5.41) is 2.88. The summed E-state index contributed by atoms with van der Waals surface area (Å²) < 4.78 is 38.8. The number of anilines is 1. The van der Waals surface area contributed by atoms with Crippen LogP contribution in [-0.2, 0) is 6.18 Å². The van der Waals surface area contributed by atoms with Crippen LogP contribution in [0.4, 0.5) is 18.9 Å². The van der Waals surface area contributed by atoms with Crippen molar-refractivity contribution in [1.29, 1.82) is 0 Å². The maximum atomic E-state index is 12.9. The van der Waals surface area contributed by atoms with Gasteiger partial charge in [0.1, 0.15) is 0 Å². The molecule has 0 aliphatic carbocycles. The van der Waals surface area contributed by atoms with Gasteiger partial charge in [0.2, 0.25) is 0 Å². The quantitative estimate of drug-likeness (QED) is 0.893. The highest BCUT2D eigenvalue weighted by Gasteiger charge is 2.33. The SMILES string of the molecule is NCC(Nc1ccccc1C(F)(F)F)c1ccccc1. The molecule has 3 N–H and O–H groups in total. The molecule has 106 valence electrons. The van der Waals surface area contributed by atoms with Crippen molar-refractivity contribution < 1.29 is 13.2 Å². The van der Waals surface area contributed by atoms with Crippen molar-refractivity contribution >= 4 is 5.69 Å². The van der Waals surface area contributed by atoms with Crippen LogP contribution < -0.4 is 11.1 Å². The number of hydrogen-bond acceptors (Lipinski definition) is 2. The second-order valence-electron chi connectivity index (χ2n) is 4.39. The summed E-state index contributed by atoms with van der Waals surface area (Å²) in [6.07, 6.45) is -4.39. The van der Waals surface area contributed by atoms with Crippen molar-refractivity contribution in [3.8, 4) is 0 Å². The molecule has 20 heavy (non-hydrogen) atoms. The minimum atomic E-state index is -4.39. The van der Waals surface area contributed by atoms with E-state index in [9.17, 15) is 13.2 Å². The molecule has 1 unspecified atom stereocenters. The summed E-state index contributed by atoms with van der Waals surface area (Å²) >= 11 is 0. The molecule has 0 radical (unpaired) electrons. The second kappa shape index (κ2) is 5.96. The third-order valence-electron chi connectivity index (χ3n) is 3.00. The van der Waals surface area contributed by atoms with Crippen LogP contribution in [0.15, 0.2) is 54.6 Å². The van der Waals surface area contributed by atoms with Crippen molar-refractivity contribution in [2.75, 3.05) is 11.9 Å². The van der Waals surface area contributed by atoms with E-state index in [2.05, 4.69) is 5.32 Å². The lowest BCUT2D eigenvalue weighted by Gasteiger charge is -2.21. The lowest BCUT2D eigenvalue weighted by atomic mass is 10.1. The summed E-state index contributed by atoms with van der Waals surface area (Å²) in [5.41, 5.74) is 5.88. The number of benzene rings is 2. The topological polar surface area (TPSA) is 38.0 Å². The molecular formula is C15H15F3N2. The van der Waals surface area contributed by atoms with E-state index in [1.54, 1.807) is 6.07 Å². The molecule has 0 bridgehead atoms. The van der Waals surface area contributed by atoms with Crippen LogP contribution in [0.1, 0.15) is 17.2 Å². The maximum Gasteiger partial charge on any atom is 0.418 e. The number of rotatable bonds is 4. The van der Waals surface area contributed by atoms with Gasteiger partial charge >= 0.3 is 6.18 Å². The Kier molecular flexibility index (Phi) is 4.29. The standard InChI is InChI=1S/C15H15F3N2/c16-15(17,18)12-8-4-5-9-13(12)20-14(10-19)11-6-2-1-3-7-11/h1-9,14,20H,10,19H2. The number of nitrogens with one attached hydrogen (secondary N) is 1. The molecule has 0 aliphatic rings. The minimum absolute atomic E-state index is 0.0410. The van der Waals surface area contributed by atoms with E-state index in [0.29, 0.717) is 0 Å². The predicted molar refractivity (Wildman–Crippen MR) is 73.3 cm³/mol. The number of halogens is 3. The molecule has 0 fully saturated rings. The number of alkyl halides is 3.